The minimum atomic E-state index is -4.68. The topological polar surface area (TPSA) is 69.6 Å². The molecule has 1 rings (SSSR count). The van der Waals surface area contributed by atoms with Crippen molar-refractivity contribution in [3.05, 3.63) is 0 Å². The maximum absolute atomic E-state index is 11.0. The molecular weight excluding hydrogens is 277 g/mol. The zero-order chi connectivity index (χ0) is 14.0. The first-order chi connectivity index (χ1) is 8.11. The van der Waals surface area contributed by atoms with Gasteiger partial charge in [-0.25, -0.2) is 0 Å². The predicted molar refractivity (Wildman–Crippen MR) is 69.1 cm³/mol. The summed E-state index contributed by atoms with van der Waals surface area (Å²) in [6.45, 7) is 0.548. The van der Waals surface area contributed by atoms with Crippen LogP contribution in [0, 0.1) is 11.8 Å². The molecule has 1 aliphatic rings. The molecule has 1 saturated carbocycles. The number of likely N-dealkylation sites (N-methyl/N-ethyl adjacent to an activating group) is 1. The fraction of sp³-hybridized carbons (Fsp3) is 1.00. The number of hydrogen-bond acceptors (Lipinski definition) is 3. The normalized spacial score (nSPS) is 30.1. The average Bonchev–Trinajstić information content (AvgIpc) is 2.59. The summed E-state index contributed by atoms with van der Waals surface area (Å²) in [5, 5.41) is 0. The van der Waals surface area contributed by atoms with Gasteiger partial charge in [0, 0.05) is 5.88 Å². The highest BCUT2D eigenvalue weighted by Gasteiger charge is 2.35. The Morgan fingerprint density at radius 3 is 2.50 bits per heavy atom. The molecule has 5 nitrogen and oxygen atoms in total. The molecule has 1 N–H and O–H groups in total. The molecule has 0 saturated heterocycles. The molecule has 7 heteroatoms. The van der Waals surface area contributed by atoms with E-state index >= 15 is 0 Å². The van der Waals surface area contributed by atoms with Crippen LogP contribution in [0.15, 0.2) is 0 Å². The highest BCUT2D eigenvalue weighted by atomic mass is 35.5. The number of phosphoric acid groups is 1. The summed E-state index contributed by atoms with van der Waals surface area (Å²) in [6, 6.07) is 0. The van der Waals surface area contributed by atoms with Crippen molar-refractivity contribution in [1.82, 2.24) is 0 Å². The van der Waals surface area contributed by atoms with Crippen LogP contribution in [0.25, 0.3) is 0 Å². The standard InChI is InChI=1S/C11H23ClNO4P/c1-13(2,3)8-11(17-18(14,15)16)10-5-4-9(6-10)7-12/h9-11H,4-8H2,1-3H3,(H-,14,15,16). The number of alkyl halides is 1. The highest BCUT2D eigenvalue weighted by molar-refractivity contribution is 7.44. The van der Waals surface area contributed by atoms with Gasteiger partial charge in [-0.2, -0.15) is 0 Å². The fourth-order valence-electron chi connectivity index (χ4n) is 2.57. The first-order valence-electron chi connectivity index (χ1n) is 6.19. The maximum Gasteiger partial charge on any atom is 0.265 e. The first-order valence-corrected chi connectivity index (χ1v) is 8.22. The lowest BCUT2D eigenvalue weighted by molar-refractivity contribution is -0.873. The van der Waals surface area contributed by atoms with E-state index in [9.17, 15) is 9.46 Å². The SMILES string of the molecule is C[N+](C)(C)CC(OP(=O)([O-])O)C1CCC(CCl)C1. The van der Waals surface area contributed by atoms with Gasteiger partial charge >= 0.3 is 0 Å². The van der Waals surface area contributed by atoms with Gasteiger partial charge in [0.1, 0.15) is 12.6 Å². The Hall–Kier alpha value is 0.360. The zero-order valence-electron chi connectivity index (χ0n) is 11.2. The van der Waals surface area contributed by atoms with Crippen molar-refractivity contribution < 1.29 is 23.4 Å². The summed E-state index contributed by atoms with van der Waals surface area (Å²) >= 11 is 5.83. The van der Waals surface area contributed by atoms with Crippen LogP contribution in [-0.2, 0) is 9.09 Å². The smallest absolute Gasteiger partial charge is 0.265 e. The molecule has 0 aromatic rings. The third-order valence-electron chi connectivity index (χ3n) is 3.32. The van der Waals surface area contributed by atoms with Crippen LogP contribution >= 0.6 is 19.4 Å². The van der Waals surface area contributed by atoms with Crippen molar-refractivity contribution in [2.24, 2.45) is 11.8 Å². The quantitative estimate of drug-likeness (QED) is 0.454. The summed E-state index contributed by atoms with van der Waals surface area (Å²) in [5.74, 6) is 1.18. The third kappa shape index (κ3) is 6.00. The molecule has 0 radical (unpaired) electrons. The summed E-state index contributed by atoms with van der Waals surface area (Å²) in [5.41, 5.74) is 0. The van der Waals surface area contributed by atoms with E-state index < -0.39 is 13.9 Å². The summed E-state index contributed by atoms with van der Waals surface area (Å²) in [6.07, 6.45) is 2.31. The van der Waals surface area contributed by atoms with Gasteiger partial charge in [0.2, 0.25) is 0 Å². The number of quaternary nitrogens is 1. The van der Waals surface area contributed by atoms with Crippen LogP contribution in [-0.4, -0.2) is 49.0 Å². The van der Waals surface area contributed by atoms with Gasteiger partial charge in [0.25, 0.3) is 7.82 Å². The van der Waals surface area contributed by atoms with Gasteiger partial charge in [-0.1, -0.05) is 0 Å². The monoisotopic (exact) mass is 299 g/mol. The molecule has 108 valence electrons. The Kier molecular flexibility index (Phi) is 5.66. The summed E-state index contributed by atoms with van der Waals surface area (Å²) in [4.78, 5) is 19.9. The van der Waals surface area contributed by atoms with E-state index in [1.54, 1.807) is 0 Å². The molecule has 0 aliphatic heterocycles. The molecule has 1 fully saturated rings. The minimum absolute atomic E-state index is 0.153. The Bertz CT molecular complexity index is 315. The van der Waals surface area contributed by atoms with E-state index in [-0.39, 0.29) is 5.92 Å². The number of halogens is 1. The van der Waals surface area contributed by atoms with Crippen molar-refractivity contribution in [2.45, 2.75) is 25.4 Å². The van der Waals surface area contributed by atoms with Crippen molar-refractivity contribution in [3.63, 3.8) is 0 Å². The Morgan fingerprint density at radius 1 is 1.50 bits per heavy atom. The summed E-state index contributed by atoms with van der Waals surface area (Å²) in [7, 11) is 1.23. The zero-order valence-corrected chi connectivity index (χ0v) is 12.9. The molecule has 0 heterocycles. The van der Waals surface area contributed by atoms with Crippen LogP contribution in [0.2, 0.25) is 0 Å². The molecule has 4 unspecified atom stereocenters. The number of hydrogen-bond donors (Lipinski definition) is 1. The van der Waals surface area contributed by atoms with E-state index in [1.807, 2.05) is 21.1 Å². The van der Waals surface area contributed by atoms with Gasteiger partial charge in [-0.05, 0) is 31.1 Å². The van der Waals surface area contributed by atoms with Crippen LogP contribution in [0.1, 0.15) is 19.3 Å². The highest BCUT2D eigenvalue weighted by Crippen LogP contribution is 2.41. The number of phosphoric ester groups is 1. The second-order valence-electron chi connectivity index (χ2n) is 6.18. The molecule has 0 aromatic heterocycles. The van der Waals surface area contributed by atoms with Crippen LogP contribution in [0.4, 0.5) is 0 Å². The van der Waals surface area contributed by atoms with Crippen molar-refractivity contribution in [3.8, 4) is 0 Å². The van der Waals surface area contributed by atoms with Crippen molar-refractivity contribution in [1.29, 1.82) is 0 Å². The number of nitrogens with zero attached hydrogens (tertiary/aromatic N) is 1. The minimum Gasteiger partial charge on any atom is -0.756 e. The number of rotatable bonds is 6. The van der Waals surface area contributed by atoms with E-state index in [0.717, 1.165) is 19.3 Å². The van der Waals surface area contributed by atoms with Gasteiger partial charge < -0.3 is 18.8 Å². The Balaban J connectivity index is 2.69. The second-order valence-corrected chi connectivity index (χ2v) is 7.64. The lowest BCUT2D eigenvalue weighted by Gasteiger charge is -2.34. The molecule has 0 spiro atoms. The fourth-order valence-corrected chi connectivity index (χ4v) is 3.43. The van der Waals surface area contributed by atoms with Gasteiger partial charge in [-0.15, -0.1) is 11.6 Å². The Labute approximate surface area is 114 Å². The van der Waals surface area contributed by atoms with E-state index in [0.29, 0.717) is 22.8 Å². The van der Waals surface area contributed by atoms with Gasteiger partial charge in [0.05, 0.1) is 21.1 Å². The van der Waals surface area contributed by atoms with E-state index in [4.69, 9.17) is 21.0 Å². The third-order valence-corrected chi connectivity index (χ3v) is 4.30. The molecule has 0 bridgehead atoms. The molecular formula is C11H23ClNO4P. The molecule has 0 amide bonds. The maximum atomic E-state index is 11.0. The van der Waals surface area contributed by atoms with Crippen molar-refractivity contribution in [2.75, 3.05) is 33.6 Å². The largest absolute Gasteiger partial charge is 0.756 e. The van der Waals surface area contributed by atoms with E-state index in [2.05, 4.69) is 0 Å². The van der Waals surface area contributed by atoms with Crippen LogP contribution in [0.3, 0.4) is 0 Å². The molecule has 18 heavy (non-hydrogen) atoms. The van der Waals surface area contributed by atoms with E-state index in [1.165, 1.54) is 0 Å². The average molecular weight is 300 g/mol. The molecule has 1 aliphatic carbocycles. The van der Waals surface area contributed by atoms with Gasteiger partial charge in [-0.3, -0.25) is 4.57 Å². The Morgan fingerprint density at radius 2 is 2.11 bits per heavy atom. The van der Waals surface area contributed by atoms with Crippen LogP contribution in [0.5, 0.6) is 0 Å². The lowest BCUT2D eigenvalue weighted by atomic mass is 9.99. The van der Waals surface area contributed by atoms with Gasteiger partial charge in [0.15, 0.2) is 0 Å². The second kappa shape index (κ2) is 6.21. The molecule has 0 aromatic carbocycles. The molecule has 4 atom stereocenters. The summed E-state index contributed by atoms with van der Waals surface area (Å²) < 4.78 is 16.4. The first kappa shape index (κ1) is 16.4. The predicted octanol–water partition coefficient (Wildman–Crippen LogP) is 1.19. The van der Waals surface area contributed by atoms with Crippen molar-refractivity contribution >= 4 is 19.4 Å². The van der Waals surface area contributed by atoms with Crippen LogP contribution < -0.4 is 4.89 Å². The lowest BCUT2D eigenvalue weighted by Crippen LogP contribution is -2.45.